The molecule has 2 aromatic carbocycles. The SMILES string of the molecule is CC(=NNC(=O)c1ccc(Br)cc1)c1cc(F)cc(F)c1O. The van der Waals surface area contributed by atoms with Gasteiger partial charge in [-0.15, -0.1) is 0 Å². The first-order chi connectivity index (χ1) is 10.4. The molecule has 0 aliphatic heterocycles. The number of carbonyl (C=O) groups is 1. The molecule has 2 rings (SSSR count). The van der Waals surface area contributed by atoms with Crippen LogP contribution in [0.2, 0.25) is 0 Å². The average molecular weight is 369 g/mol. The van der Waals surface area contributed by atoms with Crippen molar-refractivity contribution in [1.82, 2.24) is 5.43 Å². The molecule has 1 amide bonds. The summed E-state index contributed by atoms with van der Waals surface area (Å²) in [5.74, 6) is -3.15. The van der Waals surface area contributed by atoms with Crippen LogP contribution in [0.25, 0.3) is 0 Å². The highest BCUT2D eigenvalue weighted by molar-refractivity contribution is 9.10. The number of halogens is 3. The monoisotopic (exact) mass is 368 g/mol. The number of phenols is 1. The molecular weight excluding hydrogens is 358 g/mol. The number of phenolic OH excluding ortho intramolecular Hbond substituents is 1. The molecular formula is C15H11BrF2N2O2. The molecule has 2 N–H and O–H groups in total. The Labute approximate surface area is 133 Å². The molecule has 22 heavy (non-hydrogen) atoms. The van der Waals surface area contributed by atoms with Crippen LogP contribution < -0.4 is 5.43 Å². The van der Waals surface area contributed by atoms with Gasteiger partial charge in [0.1, 0.15) is 5.82 Å². The van der Waals surface area contributed by atoms with Gasteiger partial charge >= 0.3 is 0 Å². The number of carbonyl (C=O) groups excluding carboxylic acids is 1. The lowest BCUT2D eigenvalue weighted by atomic mass is 10.1. The number of hydrogen-bond acceptors (Lipinski definition) is 3. The maximum Gasteiger partial charge on any atom is 0.271 e. The van der Waals surface area contributed by atoms with Crippen molar-refractivity contribution < 1.29 is 18.7 Å². The van der Waals surface area contributed by atoms with Crippen molar-refractivity contribution >= 4 is 27.5 Å². The summed E-state index contributed by atoms with van der Waals surface area (Å²) in [4.78, 5) is 11.9. The molecule has 0 fully saturated rings. The zero-order valence-corrected chi connectivity index (χ0v) is 13.0. The molecule has 2 aromatic rings. The molecule has 0 heterocycles. The van der Waals surface area contributed by atoms with E-state index >= 15 is 0 Å². The molecule has 0 saturated carbocycles. The summed E-state index contributed by atoms with van der Waals surface area (Å²) < 4.78 is 27.3. The van der Waals surface area contributed by atoms with Gasteiger partial charge in [0.05, 0.1) is 5.71 Å². The molecule has 0 spiro atoms. The minimum atomic E-state index is -1.09. The Morgan fingerprint density at radius 3 is 2.50 bits per heavy atom. The summed E-state index contributed by atoms with van der Waals surface area (Å²) in [7, 11) is 0. The summed E-state index contributed by atoms with van der Waals surface area (Å²) in [6.07, 6.45) is 0. The van der Waals surface area contributed by atoms with Crippen molar-refractivity contribution in [3.8, 4) is 5.75 Å². The number of nitrogens with one attached hydrogen (secondary N) is 1. The number of hydrogen-bond donors (Lipinski definition) is 2. The predicted molar refractivity (Wildman–Crippen MR) is 81.8 cm³/mol. The summed E-state index contributed by atoms with van der Waals surface area (Å²) in [6.45, 7) is 1.41. The minimum Gasteiger partial charge on any atom is -0.504 e. The van der Waals surface area contributed by atoms with E-state index in [1.807, 2.05) is 0 Å². The minimum absolute atomic E-state index is 0.0707. The normalized spacial score (nSPS) is 11.4. The third-order valence-electron chi connectivity index (χ3n) is 2.85. The number of hydrazone groups is 1. The van der Waals surface area contributed by atoms with E-state index in [0.717, 1.165) is 10.5 Å². The Morgan fingerprint density at radius 2 is 1.86 bits per heavy atom. The van der Waals surface area contributed by atoms with Gasteiger partial charge in [-0.2, -0.15) is 5.10 Å². The van der Waals surface area contributed by atoms with Gasteiger partial charge in [0.2, 0.25) is 0 Å². The molecule has 0 unspecified atom stereocenters. The fourth-order valence-corrected chi connectivity index (χ4v) is 1.97. The van der Waals surface area contributed by atoms with Gasteiger partial charge in [0.25, 0.3) is 5.91 Å². The molecule has 0 aliphatic carbocycles. The number of benzene rings is 2. The van der Waals surface area contributed by atoms with Crippen molar-refractivity contribution in [2.24, 2.45) is 5.10 Å². The number of amides is 1. The van der Waals surface area contributed by atoms with Crippen LogP contribution in [0.15, 0.2) is 46.0 Å². The van der Waals surface area contributed by atoms with Gasteiger partial charge in [-0.3, -0.25) is 4.79 Å². The molecule has 0 bridgehead atoms. The van der Waals surface area contributed by atoms with Crippen LogP contribution in [-0.4, -0.2) is 16.7 Å². The van der Waals surface area contributed by atoms with Crippen LogP contribution >= 0.6 is 15.9 Å². The standard InChI is InChI=1S/C15H11BrF2N2O2/c1-8(12-6-11(17)7-13(18)14(12)21)19-20-15(22)9-2-4-10(16)5-3-9/h2-7,21H,1H3,(H,20,22). The zero-order chi connectivity index (χ0) is 16.3. The second-order valence-corrected chi connectivity index (χ2v) is 5.34. The fourth-order valence-electron chi connectivity index (χ4n) is 1.70. The highest BCUT2D eigenvalue weighted by Gasteiger charge is 2.13. The molecule has 4 nitrogen and oxygen atoms in total. The smallest absolute Gasteiger partial charge is 0.271 e. The third-order valence-corrected chi connectivity index (χ3v) is 3.38. The van der Waals surface area contributed by atoms with Crippen LogP contribution in [0.5, 0.6) is 5.75 Å². The summed E-state index contributed by atoms with van der Waals surface area (Å²) in [5.41, 5.74) is 2.57. The topological polar surface area (TPSA) is 61.7 Å². The molecule has 0 aliphatic rings. The predicted octanol–water partition coefficient (Wildman–Crippen LogP) is 3.59. The Morgan fingerprint density at radius 1 is 1.23 bits per heavy atom. The molecule has 7 heteroatoms. The largest absolute Gasteiger partial charge is 0.504 e. The van der Waals surface area contributed by atoms with E-state index in [-0.39, 0.29) is 11.3 Å². The first-order valence-corrected chi connectivity index (χ1v) is 6.96. The van der Waals surface area contributed by atoms with Crippen LogP contribution in [0.4, 0.5) is 8.78 Å². The highest BCUT2D eigenvalue weighted by Crippen LogP contribution is 2.23. The lowest BCUT2D eigenvalue weighted by Gasteiger charge is -2.06. The van der Waals surface area contributed by atoms with E-state index in [1.54, 1.807) is 24.3 Å². The first kappa shape index (κ1) is 16.1. The van der Waals surface area contributed by atoms with Gasteiger partial charge in [-0.25, -0.2) is 14.2 Å². The van der Waals surface area contributed by atoms with E-state index < -0.39 is 23.3 Å². The number of rotatable bonds is 3. The third kappa shape index (κ3) is 3.67. The lowest BCUT2D eigenvalue weighted by molar-refractivity contribution is 0.0955. The Balaban J connectivity index is 2.19. The molecule has 0 aromatic heterocycles. The van der Waals surface area contributed by atoms with Crippen molar-refractivity contribution in [2.45, 2.75) is 6.92 Å². The highest BCUT2D eigenvalue weighted by atomic mass is 79.9. The molecule has 0 radical (unpaired) electrons. The molecule has 0 saturated heterocycles. The van der Waals surface area contributed by atoms with Gasteiger partial charge < -0.3 is 5.11 Å². The summed E-state index contributed by atoms with van der Waals surface area (Å²) in [6, 6.07) is 8.06. The van der Waals surface area contributed by atoms with Gasteiger partial charge in [0, 0.05) is 21.7 Å². The van der Waals surface area contributed by atoms with Crippen LogP contribution in [-0.2, 0) is 0 Å². The second kappa shape index (κ2) is 6.65. The van der Waals surface area contributed by atoms with Crippen molar-refractivity contribution in [3.05, 3.63) is 63.6 Å². The molecule has 0 atom stereocenters. The quantitative estimate of drug-likeness (QED) is 0.642. The maximum absolute atomic E-state index is 13.3. The van der Waals surface area contributed by atoms with Crippen molar-refractivity contribution in [2.75, 3.05) is 0 Å². The Kier molecular flexibility index (Phi) is 4.87. The van der Waals surface area contributed by atoms with E-state index in [1.165, 1.54) is 6.92 Å². The van der Waals surface area contributed by atoms with Gasteiger partial charge in [0.15, 0.2) is 11.6 Å². The zero-order valence-electron chi connectivity index (χ0n) is 11.4. The van der Waals surface area contributed by atoms with Gasteiger partial charge in [-0.1, -0.05) is 15.9 Å². The first-order valence-electron chi connectivity index (χ1n) is 6.17. The second-order valence-electron chi connectivity index (χ2n) is 4.43. The summed E-state index contributed by atoms with van der Waals surface area (Å²) >= 11 is 3.25. The average Bonchev–Trinajstić information content (AvgIpc) is 2.48. The van der Waals surface area contributed by atoms with E-state index in [9.17, 15) is 18.7 Å². The van der Waals surface area contributed by atoms with Crippen LogP contribution in [0, 0.1) is 11.6 Å². The molecule has 114 valence electrons. The van der Waals surface area contributed by atoms with Crippen LogP contribution in [0.3, 0.4) is 0 Å². The van der Waals surface area contributed by atoms with Crippen molar-refractivity contribution in [1.29, 1.82) is 0 Å². The fraction of sp³-hybridized carbons (Fsp3) is 0.0667. The van der Waals surface area contributed by atoms with E-state index in [2.05, 4.69) is 26.5 Å². The Hall–Kier alpha value is -2.28. The summed E-state index contributed by atoms with van der Waals surface area (Å²) in [5, 5.41) is 13.3. The Bertz CT molecular complexity index is 746. The maximum atomic E-state index is 13.3. The number of aromatic hydroxyl groups is 1. The number of nitrogens with zero attached hydrogens (tertiary/aromatic N) is 1. The van der Waals surface area contributed by atoms with Crippen LogP contribution in [0.1, 0.15) is 22.8 Å². The van der Waals surface area contributed by atoms with Gasteiger partial charge in [-0.05, 0) is 37.3 Å². The van der Waals surface area contributed by atoms with E-state index in [0.29, 0.717) is 11.6 Å². The lowest BCUT2D eigenvalue weighted by Crippen LogP contribution is -2.19. The van der Waals surface area contributed by atoms with Crippen molar-refractivity contribution in [3.63, 3.8) is 0 Å². The van der Waals surface area contributed by atoms with E-state index in [4.69, 9.17) is 0 Å².